The second-order valence-corrected chi connectivity index (χ2v) is 6.73. The molecule has 2 saturated heterocycles. The van der Waals surface area contributed by atoms with Crippen LogP contribution in [0.25, 0.3) is 0 Å². The van der Waals surface area contributed by atoms with Gasteiger partial charge in [0.2, 0.25) is 5.91 Å². The predicted octanol–water partition coefficient (Wildman–Crippen LogP) is 2.63. The molecule has 0 saturated carbocycles. The SMILES string of the molecule is C[C@]12CCCCN(Cc3ncccc3F)[C@H]1CCCC(=O)N2. The molecule has 4 nitrogen and oxygen atoms in total. The number of nitrogens with zero attached hydrogens (tertiary/aromatic N) is 2. The highest BCUT2D eigenvalue weighted by molar-refractivity contribution is 5.77. The number of nitrogens with one attached hydrogen (secondary N) is 1. The minimum absolute atomic E-state index is 0.149. The maximum atomic E-state index is 13.9. The second kappa shape index (κ2) is 6.32. The van der Waals surface area contributed by atoms with Crippen molar-refractivity contribution in [3.63, 3.8) is 0 Å². The van der Waals surface area contributed by atoms with Crippen LogP contribution in [0.2, 0.25) is 0 Å². The van der Waals surface area contributed by atoms with E-state index >= 15 is 0 Å². The van der Waals surface area contributed by atoms with E-state index in [1.807, 2.05) is 0 Å². The summed E-state index contributed by atoms with van der Waals surface area (Å²) in [6.07, 6.45) is 7.27. The Labute approximate surface area is 131 Å². The molecule has 3 heterocycles. The number of aromatic nitrogens is 1. The van der Waals surface area contributed by atoms with Gasteiger partial charge in [0.15, 0.2) is 0 Å². The molecule has 0 spiro atoms. The molecule has 0 bridgehead atoms. The Morgan fingerprint density at radius 1 is 1.45 bits per heavy atom. The van der Waals surface area contributed by atoms with Crippen molar-refractivity contribution in [3.8, 4) is 0 Å². The highest BCUT2D eigenvalue weighted by Crippen LogP contribution is 2.33. The third kappa shape index (κ3) is 3.14. The number of hydrogen-bond acceptors (Lipinski definition) is 3. The smallest absolute Gasteiger partial charge is 0.220 e. The van der Waals surface area contributed by atoms with E-state index in [9.17, 15) is 9.18 Å². The number of fused-ring (bicyclic) bond motifs is 1. The summed E-state index contributed by atoms with van der Waals surface area (Å²) < 4.78 is 13.9. The van der Waals surface area contributed by atoms with Crippen LogP contribution < -0.4 is 5.32 Å². The number of amides is 1. The molecular formula is C17H24FN3O. The van der Waals surface area contributed by atoms with Crippen molar-refractivity contribution in [1.82, 2.24) is 15.2 Å². The molecule has 3 rings (SSSR count). The standard InChI is InChI=1S/C17H24FN3O/c1-17-9-2-3-11-21(12-14-13(18)6-5-10-19-14)15(17)7-4-8-16(22)20-17/h5-6,10,15H,2-4,7-9,11-12H2,1H3,(H,20,22)/t15-,17-/m0/s1. The van der Waals surface area contributed by atoms with Crippen LogP contribution in [0.15, 0.2) is 18.3 Å². The summed E-state index contributed by atoms with van der Waals surface area (Å²) in [7, 11) is 0. The summed E-state index contributed by atoms with van der Waals surface area (Å²) in [6, 6.07) is 3.34. The molecule has 0 radical (unpaired) electrons. The summed E-state index contributed by atoms with van der Waals surface area (Å²) in [5, 5.41) is 3.23. The van der Waals surface area contributed by atoms with Gasteiger partial charge in [-0.1, -0.05) is 0 Å². The zero-order chi connectivity index (χ0) is 15.6. The minimum Gasteiger partial charge on any atom is -0.349 e. The zero-order valence-electron chi connectivity index (χ0n) is 13.1. The molecule has 2 aliphatic heterocycles. The molecule has 1 N–H and O–H groups in total. The van der Waals surface area contributed by atoms with Crippen molar-refractivity contribution in [2.45, 2.75) is 63.6 Å². The number of likely N-dealkylation sites (tertiary alicyclic amines) is 1. The lowest BCUT2D eigenvalue weighted by Gasteiger charge is -2.41. The molecule has 22 heavy (non-hydrogen) atoms. The number of carbonyl (C=O) groups excluding carboxylic acids is 1. The molecule has 0 aliphatic carbocycles. The van der Waals surface area contributed by atoms with Crippen LogP contribution in [0.3, 0.4) is 0 Å². The van der Waals surface area contributed by atoms with Crippen molar-refractivity contribution in [1.29, 1.82) is 0 Å². The van der Waals surface area contributed by atoms with E-state index in [0.717, 1.165) is 38.6 Å². The normalized spacial score (nSPS) is 30.1. The van der Waals surface area contributed by atoms with Gasteiger partial charge in [0, 0.05) is 25.2 Å². The average molecular weight is 305 g/mol. The van der Waals surface area contributed by atoms with E-state index in [-0.39, 0.29) is 23.3 Å². The fraction of sp³-hybridized carbons (Fsp3) is 0.647. The van der Waals surface area contributed by atoms with Gasteiger partial charge in [0.05, 0.1) is 11.2 Å². The number of pyridine rings is 1. The van der Waals surface area contributed by atoms with E-state index in [4.69, 9.17) is 0 Å². The van der Waals surface area contributed by atoms with Gasteiger partial charge >= 0.3 is 0 Å². The van der Waals surface area contributed by atoms with E-state index in [1.165, 1.54) is 6.07 Å². The molecule has 0 unspecified atom stereocenters. The molecule has 1 aromatic rings. The maximum absolute atomic E-state index is 13.9. The lowest BCUT2D eigenvalue weighted by molar-refractivity contribution is -0.122. The highest BCUT2D eigenvalue weighted by atomic mass is 19.1. The van der Waals surface area contributed by atoms with Crippen LogP contribution in [0.5, 0.6) is 0 Å². The fourth-order valence-corrected chi connectivity index (χ4v) is 3.93. The zero-order valence-corrected chi connectivity index (χ0v) is 13.1. The molecule has 120 valence electrons. The average Bonchev–Trinajstić information content (AvgIpc) is 2.71. The van der Waals surface area contributed by atoms with Crippen molar-refractivity contribution >= 4 is 5.91 Å². The van der Waals surface area contributed by atoms with Gasteiger partial charge in [-0.05, 0) is 57.7 Å². The first-order valence-electron chi connectivity index (χ1n) is 8.23. The Hall–Kier alpha value is -1.49. The predicted molar refractivity (Wildman–Crippen MR) is 82.6 cm³/mol. The number of rotatable bonds is 2. The van der Waals surface area contributed by atoms with Crippen LogP contribution in [0.1, 0.15) is 51.1 Å². The van der Waals surface area contributed by atoms with E-state index in [2.05, 4.69) is 22.1 Å². The van der Waals surface area contributed by atoms with Gasteiger partial charge in [-0.15, -0.1) is 0 Å². The van der Waals surface area contributed by atoms with Gasteiger partial charge in [-0.3, -0.25) is 14.7 Å². The number of carbonyl (C=O) groups is 1. The Kier molecular flexibility index (Phi) is 4.43. The first-order valence-corrected chi connectivity index (χ1v) is 8.23. The minimum atomic E-state index is -0.244. The first-order chi connectivity index (χ1) is 10.6. The summed E-state index contributed by atoms with van der Waals surface area (Å²) in [4.78, 5) is 18.5. The lowest BCUT2D eigenvalue weighted by atomic mass is 9.85. The van der Waals surface area contributed by atoms with E-state index in [0.29, 0.717) is 18.7 Å². The molecular weight excluding hydrogens is 281 g/mol. The molecule has 0 aromatic carbocycles. The molecule has 2 aliphatic rings. The van der Waals surface area contributed by atoms with Crippen molar-refractivity contribution in [2.24, 2.45) is 0 Å². The summed E-state index contributed by atoms with van der Waals surface area (Å²) >= 11 is 0. The van der Waals surface area contributed by atoms with Crippen molar-refractivity contribution in [3.05, 3.63) is 29.8 Å². The van der Waals surface area contributed by atoms with Gasteiger partial charge < -0.3 is 5.32 Å². The summed E-state index contributed by atoms with van der Waals surface area (Å²) in [5.74, 6) is -0.0954. The molecule has 5 heteroatoms. The maximum Gasteiger partial charge on any atom is 0.220 e. The van der Waals surface area contributed by atoms with Crippen LogP contribution in [0, 0.1) is 5.82 Å². The quantitative estimate of drug-likeness (QED) is 0.913. The monoisotopic (exact) mass is 305 g/mol. The van der Waals surface area contributed by atoms with Gasteiger partial charge in [0.1, 0.15) is 5.82 Å². The molecule has 2 atom stereocenters. The van der Waals surface area contributed by atoms with Gasteiger partial charge in [0.25, 0.3) is 0 Å². The van der Waals surface area contributed by atoms with Crippen molar-refractivity contribution in [2.75, 3.05) is 6.54 Å². The van der Waals surface area contributed by atoms with E-state index < -0.39 is 0 Å². The Morgan fingerprint density at radius 2 is 2.32 bits per heavy atom. The van der Waals surface area contributed by atoms with Crippen LogP contribution in [-0.2, 0) is 11.3 Å². The van der Waals surface area contributed by atoms with Gasteiger partial charge in [-0.25, -0.2) is 4.39 Å². The highest BCUT2D eigenvalue weighted by Gasteiger charge is 2.42. The largest absolute Gasteiger partial charge is 0.349 e. The lowest BCUT2D eigenvalue weighted by Crippen LogP contribution is -2.58. The van der Waals surface area contributed by atoms with Gasteiger partial charge in [-0.2, -0.15) is 0 Å². The van der Waals surface area contributed by atoms with Crippen LogP contribution in [-0.4, -0.2) is 33.9 Å². The first kappa shape index (κ1) is 15.4. The number of halogens is 1. The van der Waals surface area contributed by atoms with Crippen LogP contribution >= 0.6 is 0 Å². The third-order valence-corrected chi connectivity index (χ3v) is 5.06. The Morgan fingerprint density at radius 3 is 3.14 bits per heavy atom. The Balaban J connectivity index is 1.86. The molecule has 1 amide bonds. The summed E-state index contributed by atoms with van der Waals surface area (Å²) in [6.45, 7) is 3.60. The Bertz CT molecular complexity index is 550. The second-order valence-electron chi connectivity index (χ2n) is 6.73. The van der Waals surface area contributed by atoms with Crippen molar-refractivity contribution < 1.29 is 9.18 Å². The summed E-state index contributed by atoms with van der Waals surface area (Å²) in [5.41, 5.74) is 0.289. The van der Waals surface area contributed by atoms with E-state index in [1.54, 1.807) is 12.3 Å². The number of hydrogen-bond donors (Lipinski definition) is 1. The molecule has 2 fully saturated rings. The molecule has 1 aromatic heterocycles. The fourth-order valence-electron chi connectivity index (χ4n) is 3.93. The third-order valence-electron chi connectivity index (χ3n) is 5.06. The van der Waals surface area contributed by atoms with Crippen LogP contribution in [0.4, 0.5) is 4.39 Å². The topological polar surface area (TPSA) is 45.2 Å².